The molecule has 0 saturated heterocycles. The molecule has 2 aromatic rings. The smallest absolute Gasteiger partial charge is 0.380 e. The largest absolute Gasteiger partial charge is 0.416 e. The van der Waals surface area contributed by atoms with Gasteiger partial charge in [-0.05, 0) is 51.8 Å². The Bertz CT molecular complexity index is 594. The Morgan fingerprint density at radius 3 is 2.20 bits per heavy atom. The van der Waals surface area contributed by atoms with Crippen molar-refractivity contribution in [2.45, 2.75) is 12.7 Å². The molecule has 20 heavy (non-hydrogen) atoms. The third-order valence-electron chi connectivity index (χ3n) is 2.69. The van der Waals surface area contributed by atoms with Crippen LogP contribution in [0.5, 0.6) is 0 Å². The number of rotatable bonds is 3. The molecule has 0 aliphatic heterocycles. The van der Waals surface area contributed by atoms with E-state index < -0.39 is 11.7 Å². The van der Waals surface area contributed by atoms with Crippen molar-refractivity contribution in [3.8, 4) is 0 Å². The van der Waals surface area contributed by atoms with Gasteiger partial charge in [-0.1, -0.05) is 28.1 Å². The quantitative estimate of drug-likeness (QED) is 0.672. The Balaban J connectivity index is 2.14. The zero-order valence-corrected chi connectivity index (χ0v) is 13.3. The zero-order valence-electron chi connectivity index (χ0n) is 10.1. The van der Waals surface area contributed by atoms with Crippen LogP contribution in [0.4, 0.5) is 18.9 Å². The molecule has 2 aromatic carbocycles. The average molecular weight is 409 g/mol. The van der Waals surface area contributed by atoms with Crippen molar-refractivity contribution in [3.05, 3.63) is 62.5 Å². The Labute approximate surface area is 131 Å². The van der Waals surface area contributed by atoms with E-state index in [2.05, 4.69) is 37.2 Å². The summed E-state index contributed by atoms with van der Waals surface area (Å²) in [5.74, 6) is 0. The minimum absolute atomic E-state index is 0.419. The van der Waals surface area contributed by atoms with Crippen molar-refractivity contribution in [2.75, 3.05) is 5.32 Å². The molecule has 0 atom stereocenters. The zero-order chi connectivity index (χ0) is 14.8. The normalized spacial score (nSPS) is 11.4. The number of anilines is 1. The van der Waals surface area contributed by atoms with Crippen LogP contribution in [0, 0.1) is 0 Å². The van der Waals surface area contributed by atoms with Gasteiger partial charge in [0.15, 0.2) is 0 Å². The fourth-order valence-corrected chi connectivity index (χ4v) is 2.29. The molecule has 6 heteroatoms. The Morgan fingerprint density at radius 1 is 0.950 bits per heavy atom. The van der Waals surface area contributed by atoms with E-state index in [4.69, 9.17) is 0 Å². The van der Waals surface area contributed by atoms with Crippen molar-refractivity contribution in [3.63, 3.8) is 0 Å². The third-order valence-corrected chi connectivity index (χ3v) is 3.91. The summed E-state index contributed by atoms with van der Waals surface area (Å²) in [7, 11) is 0. The highest BCUT2D eigenvalue weighted by Crippen LogP contribution is 2.34. The number of nitrogens with one attached hydrogen (secondary N) is 1. The van der Waals surface area contributed by atoms with Gasteiger partial charge in [-0.25, -0.2) is 0 Å². The van der Waals surface area contributed by atoms with E-state index in [9.17, 15) is 13.2 Å². The Kier molecular flexibility index (Phi) is 4.75. The molecular formula is C14H10Br2F3N. The molecular weight excluding hydrogens is 399 g/mol. The monoisotopic (exact) mass is 407 g/mol. The lowest BCUT2D eigenvalue weighted by atomic mass is 10.2. The second kappa shape index (κ2) is 6.18. The standard InChI is InChI=1S/C14H10Br2F3N/c15-11-4-1-9(2-5-11)8-20-13-7-10(14(17,18)19)3-6-12(13)16/h1-7,20H,8H2. The second-order valence-electron chi connectivity index (χ2n) is 4.17. The van der Waals surface area contributed by atoms with Gasteiger partial charge in [-0.15, -0.1) is 0 Å². The van der Waals surface area contributed by atoms with Gasteiger partial charge in [0.05, 0.1) is 5.56 Å². The highest BCUT2D eigenvalue weighted by Gasteiger charge is 2.30. The fourth-order valence-electron chi connectivity index (χ4n) is 1.64. The lowest BCUT2D eigenvalue weighted by Gasteiger charge is -2.12. The molecule has 106 valence electrons. The molecule has 2 rings (SSSR count). The van der Waals surface area contributed by atoms with Crippen LogP contribution in [0.25, 0.3) is 0 Å². The molecule has 1 N–H and O–H groups in total. The van der Waals surface area contributed by atoms with Crippen molar-refractivity contribution in [1.82, 2.24) is 0 Å². The summed E-state index contributed by atoms with van der Waals surface area (Å²) in [5.41, 5.74) is 0.735. The second-order valence-corrected chi connectivity index (χ2v) is 5.94. The average Bonchev–Trinajstić information content (AvgIpc) is 2.38. The summed E-state index contributed by atoms with van der Waals surface area (Å²) >= 11 is 6.58. The van der Waals surface area contributed by atoms with Crippen LogP contribution < -0.4 is 5.32 Å². The van der Waals surface area contributed by atoms with Gasteiger partial charge >= 0.3 is 6.18 Å². The van der Waals surface area contributed by atoms with Gasteiger partial charge < -0.3 is 5.32 Å². The van der Waals surface area contributed by atoms with Crippen molar-refractivity contribution < 1.29 is 13.2 Å². The van der Waals surface area contributed by atoms with Crippen LogP contribution in [-0.2, 0) is 12.7 Å². The molecule has 0 heterocycles. The Morgan fingerprint density at radius 2 is 1.60 bits per heavy atom. The van der Waals surface area contributed by atoms with E-state index in [1.165, 1.54) is 6.07 Å². The van der Waals surface area contributed by atoms with Gasteiger partial charge in [0, 0.05) is 21.2 Å². The van der Waals surface area contributed by atoms with Gasteiger partial charge in [0.1, 0.15) is 0 Å². The summed E-state index contributed by atoms with van der Waals surface area (Å²) in [4.78, 5) is 0. The molecule has 0 unspecified atom stereocenters. The van der Waals surface area contributed by atoms with Gasteiger partial charge in [0.25, 0.3) is 0 Å². The van der Waals surface area contributed by atoms with Crippen molar-refractivity contribution >= 4 is 37.5 Å². The molecule has 0 amide bonds. The van der Waals surface area contributed by atoms with Crippen LogP contribution in [-0.4, -0.2) is 0 Å². The first kappa shape index (κ1) is 15.4. The first-order chi connectivity index (χ1) is 9.36. The Hall–Kier alpha value is -1.01. The van der Waals surface area contributed by atoms with E-state index in [0.29, 0.717) is 16.7 Å². The molecule has 0 aliphatic carbocycles. The number of hydrogen-bond donors (Lipinski definition) is 1. The van der Waals surface area contributed by atoms with E-state index in [1.54, 1.807) is 0 Å². The van der Waals surface area contributed by atoms with Crippen molar-refractivity contribution in [1.29, 1.82) is 0 Å². The molecule has 1 nitrogen and oxygen atoms in total. The molecule has 0 saturated carbocycles. The minimum atomic E-state index is -4.34. The van der Waals surface area contributed by atoms with Crippen LogP contribution in [0.15, 0.2) is 51.4 Å². The predicted molar refractivity (Wildman–Crippen MR) is 80.6 cm³/mol. The maximum absolute atomic E-state index is 12.7. The van der Waals surface area contributed by atoms with E-state index in [1.807, 2.05) is 24.3 Å². The number of hydrogen-bond acceptors (Lipinski definition) is 1. The van der Waals surface area contributed by atoms with E-state index in [-0.39, 0.29) is 0 Å². The number of alkyl halides is 3. The first-order valence-corrected chi connectivity index (χ1v) is 7.30. The van der Waals surface area contributed by atoms with Crippen LogP contribution >= 0.6 is 31.9 Å². The van der Waals surface area contributed by atoms with Gasteiger partial charge in [-0.2, -0.15) is 13.2 Å². The topological polar surface area (TPSA) is 12.0 Å². The number of halogens is 5. The maximum Gasteiger partial charge on any atom is 0.416 e. The molecule has 0 bridgehead atoms. The summed E-state index contributed by atoms with van der Waals surface area (Å²) < 4.78 is 39.5. The number of benzene rings is 2. The molecule has 0 radical (unpaired) electrons. The van der Waals surface area contributed by atoms with Crippen LogP contribution in [0.3, 0.4) is 0 Å². The molecule has 0 aliphatic rings. The first-order valence-electron chi connectivity index (χ1n) is 5.71. The third kappa shape index (κ3) is 3.99. The van der Waals surface area contributed by atoms with Crippen molar-refractivity contribution in [2.24, 2.45) is 0 Å². The summed E-state index contributed by atoms with van der Waals surface area (Å²) in [6.45, 7) is 0.452. The molecule has 0 spiro atoms. The van der Waals surface area contributed by atoms with E-state index >= 15 is 0 Å². The summed E-state index contributed by atoms with van der Waals surface area (Å²) in [6.07, 6.45) is -4.34. The van der Waals surface area contributed by atoms with Crippen LogP contribution in [0.1, 0.15) is 11.1 Å². The maximum atomic E-state index is 12.7. The van der Waals surface area contributed by atoms with Gasteiger partial charge in [0.2, 0.25) is 0 Å². The van der Waals surface area contributed by atoms with Crippen LogP contribution in [0.2, 0.25) is 0 Å². The van der Waals surface area contributed by atoms with E-state index in [0.717, 1.165) is 22.2 Å². The SMILES string of the molecule is FC(F)(F)c1ccc(Br)c(NCc2ccc(Br)cc2)c1. The predicted octanol–water partition coefficient (Wildman–Crippen LogP) is 5.84. The minimum Gasteiger partial charge on any atom is -0.380 e. The highest BCUT2D eigenvalue weighted by atomic mass is 79.9. The lowest BCUT2D eigenvalue weighted by molar-refractivity contribution is -0.137. The molecule has 0 fully saturated rings. The fraction of sp³-hybridized carbons (Fsp3) is 0.143. The lowest BCUT2D eigenvalue weighted by Crippen LogP contribution is -2.07. The van der Waals surface area contributed by atoms with Gasteiger partial charge in [-0.3, -0.25) is 0 Å². The summed E-state index contributed by atoms with van der Waals surface area (Å²) in [6, 6.07) is 11.1. The molecule has 0 aromatic heterocycles. The summed E-state index contributed by atoms with van der Waals surface area (Å²) in [5, 5.41) is 3.00. The highest BCUT2D eigenvalue weighted by molar-refractivity contribution is 9.10.